The minimum absolute atomic E-state index is 0.649. The van der Waals surface area contributed by atoms with Gasteiger partial charge in [-0.05, 0) is 12.1 Å². The van der Waals surface area contributed by atoms with Crippen molar-refractivity contribution in [2.75, 3.05) is 0 Å². The molecule has 3 rings (SSSR count). The molecule has 0 atom stereocenters. The van der Waals surface area contributed by atoms with Crippen LogP contribution >= 0.6 is 0 Å². The van der Waals surface area contributed by atoms with Crippen molar-refractivity contribution in [3.05, 3.63) is 48.9 Å². The number of nitrogens with zero attached hydrogens (tertiary/aromatic N) is 2. The van der Waals surface area contributed by atoms with Crippen molar-refractivity contribution in [1.82, 2.24) is 9.97 Å². The molecule has 3 nitrogen and oxygen atoms in total. The third kappa shape index (κ3) is 1.38. The van der Waals surface area contributed by atoms with Gasteiger partial charge in [0.1, 0.15) is 0 Å². The molecule has 3 heteroatoms. The lowest BCUT2D eigenvalue weighted by atomic mass is 10.1. The summed E-state index contributed by atoms with van der Waals surface area (Å²) < 4.78 is 5.14. The first-order valence-corrected chi connectivity index (χ1v) is 4.69. The highest BCUT2D eigenvalue weighted by atomic mass is 16.3. The van der Waals surface area contributed by atoms with Crippen LogP contribution in [0.4, 0.5) is 0 Å². The topological polar surface area (TPSA) is 38.9 Å². The maximum atomic E-state index is 5.14. The van der Waals surface area contributed by atoms with Crippen LogP contribution in [0.25, 0.3) is 22.5 Å². The monoisotopic (exact) mass is 196 g/mol. The van der Waals surface area contributed by atoms with Crippen LogP contribution in [0.5, 0.6) is 0 Å². The quantitative estimate of drug-likeness (QED) is 0.600. The van der Waals surface area contributed by atoms with Crippen LogP contribution in [-0.4, -0.2) is 9.97 Å². The van der Waals surface area contributed by atoms with Gasteiger partial charge >= 0.3 is 0 Å². The number of rotatable bonds is 1. The lowest BCUT2D eigenvalue weighted by molar-refractivity contribution is 0.602. The highest BCUT2D eigenvalue weighted by Gasteiger charge is 2.02. The summed E-state index contributed by atoms with van der Waals surface area (Å²) in [7, 11) is 0. The lowest BCUT2D eigenvalue weighted by Gasteiger charge is -1.98. The fraction of sp³-hybridized carbons (Fsp3) is 0. The average Bonchev–Trinajstić information content (AvgIpc) is 2.77. The van der Waals surface area contributed by atoms with Crippen LogP contribution in [0.3, 0.4) is 0 Å². The Bertz CT molecular complexity index is 587. The second kappa shape index (κ2) is 3.20. The van der Waals surface area contributed by atoms with Crippen LogP contribution in [0, 0.1) is 0 Å². The maximum absolute atomic E-state index is 5.14. The number of fused-ring (bicyclic) bond motifs is 1. The Morgan fingerprint density at radius 1 is 0.933 bits per heavy atom. The molecule has 0 amide bonds. The molecular weight excluding hydrogens is 188 g/mol. The predicted molar refractivity (Wildman–Crippen MR) is 57.2 cm³/mol. The van der Waals surface area contributed by atoms with Gasteiger partial charge < -0.3 is 4.42 Å². The van der Waals surface area contributed by atoms with E-state index >= 15 is 0 Å². The van der Waals surface area contributed by atoms with E-state index in [-0.39, 0.29) is 0 Å². The Morgan fingerprint density at radius 3 is 2.67 bits per heavy atom. The lowest BCUT2D eigenvalue weighted by Crippen LogP contribution is -1.83. The van der Waals surface area contributed by atoms with E-state index in [4.69, 9.17) is 4.42 Å². The molecule has 2 heterocycles. The summed E-state index contributed by atoms with van der Waals surface area (Å²) in [6, 6.07) is 13.8. The maximum Gasteiger partial charge on any atom is 0.199 e. The number of pyridine rings is 1. The van der Waals surface area contributed by atoms with E-state index in [2.05, 4.69) is 9.97 Å². The number of hydrogen-bond acceptors (Lipinski definition) is 3. The summed E-state index contributed by atoms with van der Waals surface area (Å²) >= 11 is 0. The molecular formula is C12H8N2O. The molecule has 3 aromatic rings. The number of benzene rings is 1. The summed E-state index contributed by atoms with van der Waals surface area (Å²) in [5, 5.41) is 0. The molecule has 1 aromatic carbocycles. The van der Waals surface area contributed by atoms with Crippen molar-refractivity contribution in [2.45, 2.75) is 0 Å². The first kappa shape index (κ1) is 8.17. The molecule has 72 valence electrons. The third-order valence-corrected chi connectivity index (χ3v) is 2.26. The first-order valence-electron chi connectivity index (χ1n) is 4.69. The zero-order valence-electron chi connectivity index (χ0n) is 7.92. The molecule has 0 unspecified atom stereocenters. The molecule has 0 N–H and O–H groups in total. The predicted octanol–water partition coefficient (Wildman–Crippen LogP) is 2.89. The zero-order valence-corrected chi connectivity index (χ0v) is 7.92. The van der Waals surface area contributed by atoms with Crippen LogP contribution < -0.4 is 0 Å². The second-order valence-electron chi connectivity index (χ2n) is 3.24. The summed E-state index contributed by atoms with van der Waals surface area (Å²) in [6.45, 7) is 0. The van der Waals surface area contributed by atoms with E-state index in [1.165, 1.54) is 6.39 Å². The molecule has 0 aliphatic rings. The third-order valence-electron chi connectivity index (χ3n) is 2.26. The van der Waals surface area contributed by atoms with E-state index in [9.17, 15) is 0 Å². The Labute approximate surface area is 86.4 Å². The van der Waals surface area contributed by atoms with Gasteiger partial charge in [-0.1, -0.05) is 30.3 Å². The van der Waals surface area contributed by atoms with Gasteiger partial charge in [-0.2, -0.15) is 4.98 Å². The molecule has 0 saturated heterocycles. The summed E-state index contributed by atoms with van der Waals surface area (Å²) in [5.74, 6) is 0. The van der Waals surface area contributed by atoms with Gasteiger partial charge in [0, 0.05) is 5.56 Å². The SMILES string of the molecule is c1ccc(-c2ccc3ocnc3n2)cc1. The zero-order chi connectivity index (χ0) is 10.1. The van der Waals surface area contributed by atoms with Crippen molar-refractivity contribution in [3.63, 3.8) is 0 Å². The highest BCUT2D eigenvalue weighted by molar-refractivity contribution is 5.72. The molecule has 0 aliphatic carbocycles. The van der Waals surface area contributed by atoms with Gasteiger partial charge in [0.15, 0.2) is 17.6 Å². The van der Waals surface area contributed by atoms with E-state index in [0.717, 1.165) is 16.8 Å². The van der Waals surface area contributed by atoms with Crippen molar-refractivity contribution >= 4 is 11.2 Å². The van der Waals surface area contributed by atoms with E-state index in [1.54, 1.807) is 0 Å². The minimum Gasteiger partial charge on any atom is -0.442 e. The number of hydrogen-bond donors (Lipinski definition) is 0. The molecule has 0 bridgehead atoms. The summed E-state index contributed by atoms with van der Waals surface area (Å²) in [5.41, 5.74) is 3.37. The molecule has 0 radical (unpaired) electrons. The Morgan fingerprint density at radius 2 is 1.80 bits per heavy atom. The second-order valence-corrected chi connectivity index (χ2v) is 3.24. The largest absolute Gasteiger partial charge is 0.442 e. The normalized spacial score (nSPS) is 10.7. The van der Waals surface area contributed by atoms with Crippen molar-refractivity contribution in [3.8, 4) is 11.3 Å². The molecule has 15 heavy (non-hydrogen) atoms. The Balaban J connectivity index is 2.19. The van der Waals surface area contributed by atoms with E-state index in [1.807, 2.05) is 42.5 Å². The van der Waals surface area contributed by atoms with Gasteiger partial charge in [-0.3, -0.25) is 0 Å². The summed E-state index contributed by atoms with van der Waals surface area (Å²) in [6.07, 6.45) is 1.41. The van der Waals surface area contributed by atoms with Crippen molar-refractivity contribution in [2.24, 2.45) is 0 Å². The Kier molecular flexibility index (Phi) is 1.75. The molecule has 2 aromatic heterocycles. The Hall–Kier alpha value is -2.16. The average molecular weight is 196 g/mol. The van der Waals surface area contributed by atoms with Gasteiger partial charge in [-0.25, -0.2) is 4.98 Å². The molecule has 0 saturated carbocycles. The van der Waals surface area contributed by atoms with Crippen LogP contribution in [0.2, 0.25) is 0 Å². The van der Waals surface area contributed by atoms with Crippen LogP contribution in [0.15, 0.2) is 53.3 Å². The van der Waals surface area contributed by atoms with E-state index in [0.29, 0.717) is 5.65 Å². The molecule has 0 spiro atoms. The highest BCUT2D eigenvalue weighted by Crippen LogP contribution is 2.19. The molecule has 0 aliphatic heterocycles. The van der Waals surface area contributed by atoms with Gasteiger partial charge in [0.2, 0.25) is 0 Å². The fourth-order valence-corrected chi connectivity index (χ4v) is 1.52. The van der Waals surface area contributed by atoms with Crippen molar-refractivity contribution < 1.29 is 4.42 Å². The minimum atomic E-state index is 0.649. The van der Waals surface area contributed by atoms with E-state index < -0.39 is 0 Å². The van der Waals surface area contributed by atoms with Gasteiger partial charge in [-0.15, -0.1) is 0 Å². The smallest absolute Gasteiger partial charge is 0.199 e. The van der Waals surface area contributed by atoms with Crippen LogP contribution in [0.1, 0.15) is 0 Å². The first-order chi connectivity index (χ1) is 7.43. The number of oxazole rings is 1. The van der Waals surface area contributed by atoms with Gasteiger partial charge in [0.25, 0.3) is 0 Å². The standard InChI is InChI=1S/C12H8N2O/c1-2-4-9(5-3-1)10-6-7-11-12(14-10)13-8-15-11/h1-8H. The summed E-state index contributed by atoms with van der Waals surface area (Å²) in [4.78, 5) is 8.43. The molecule has 0 fully saturated rings. The van der Waals surface area contributed by atoms with Crippen molar-refractivity contribution in [1.29, 1.82) is 0 Å². The van der Waals surface area contributed by atoms with Gasteiger partial charge in [0.05, 0.1) is 5.69 Å². The number of aromatic nitrogens is 2. The fourth-order valence-electron chi connectivity index (χ4n) is 1.52. The van der Waals surface area contributed by atoms with Crippen LogP contribution in [-0.2, 0) is 0 Å².